The van der Waals surface area contributed by atoms with Crippen LogP contribution in [0.4, 0.5) is 4.39 Å². The maximum Gasteiger partial charge on any atom is 0.261 e. The third kappa shape index (κ3) is 3.09. The number of hydrogen-bond donors (Lipinski definition) is 1. The molecule has 1 N–H and O–H groups in total. The first-order valence-electron chi connectivity index (χ1n) is 5.35. The largest absolute Gasteiger partial charge is 0.347 e. The van der Waals surface area contributed by atoms with Gasteiger partial charge in [0.2, 0.25) is 0 Å². The second kappa shape index (κ2) is 5.50. The molecule has 94 valence electrons. The van der Waals surface area contributed by atoms with Gasteiger partial charge in [0.1, 0.15) is 5.82 Å². The predicted octanol–water partition coefficient (Wildman–Crippen LogP) is 3.78. The number of rotatable bonds is 3. The molecule has 0 aliphatic heterocycles. The van der Waals surface area contributed by atoms with Gasteiger partial charge in [0, 0.05) is 11.4 Å². The van der Waals surface area contributed by atoms with Gasteiger partial charge in [-0.2, -0.15) is 0 Å². The fourth-order valence-electron chi connectivity index (χ4n) is 1.49. The standard InChI is InChI=1S/C13H11ClFNOS/c1-8-11(14)6-12(18-8)13(17)16-7-9-3-2-4-10(15)5-9/h2-6H,7H2,1H3,(H,16,17). The number of carbonyl (C=O) groups excluding carboxylic acids is 1. The Morgan fingerprint density at radius 2 is 2.22 bits per heavy atom. The molecule has 1 aromatic heterocycles. The summed E-state index contributed by atoms with van der Waals surface area (Å²) in [7, 11) is 0. The smallest absolute Gasteiger partial charge is 0.261 e. The topological polar surface area (TPSA) is 29.1 Å². The van der Waals surface area contributed by atoms with Crippen LogP contribution < -0.4 is 5.32 Å². The zero-order chi connectivity index (χ0) is 13.1. The molecule has 0 saturated carbocycles. The van der Waals surface area contributed by atoms with E-state index in [1.54, 1.807) is 18.2 Å². The lowest BCUT2D eigenvalue weighted by Crippen LogP contribution is -2.21. The number of nitrogens with one attached hydrogen (secondary N) is 1. The number of benzene rings is 1. The van der Waals surface area contributed by atoms with Crippen molar-refractivity contribution in [3.63, 3.8) is 0 Å². The van der Waals surface area contributed by atoms with Crippen LogP contribution in [-0.2, 0) is 6.54 Å². The van der Waals surface area contributed by atoms with E-state index in [0.717, 1.165) is 10.4 Å². The minimum Gasteiger partial charge on any atom is -0.347 e. The molecule has 0 saturated heterocycles. The summed E-state index contributed by atoms with van der Waals surface area (Å²) in [5, 5.41) is 3.32. The summed E-state index contributed by atoms with van der Waals surface area (Å²) in [4.78, 5) is 13.3. The molecular formula is C13H11ClFNOS. The van der Waals surface area contributed by atoms with Gasteiger partial charge in [-0.05, 0) is 30.7 Å². The summed E-state index contributed by atoms with van der Waals surface area (Å²) in [6, 6.07) is 7.78. The Kier molecular flexibility index (Phi) is 3.99. The number of hydrogen-bond acceptors (Lipinski definition) is 2. The molecular weight excluding hydrogens is 273 g/mol. The molecule has 0 aliphatic rings. The Balaban J connectivity index is 2.00. The molecule has 0 atom stereocenters. The molecule has 0 radical (unpaired) electrons. The van der Waals surface area contributed by atoms with Crippen molar-refractivity contribution in [1.29, 1.82) is 0 Å². The lowest BCUT2D eigenvalue weighted by Gasteiger charge is -2.03. The van der Waals surface area contributed by atoms with E-state index in [1.807, 2.05) is 6.92 Å². The minimum atomic E-state index is -0.309. The fourth-order valence-corrected chi connectivity index (χ4v) is 2.61. The van der Waals surface area contributed by atoms with Crippen LogP contribution in [0.2, 0.25) is 5.02 Å². The second-order valence-corrected chi connectivity index (χ2v) is 5.49. The van der Waals surface area contributed by atoms with Gasteiger partial charge in [-0.1, -0.05) is 23.7 Å². The highest BCUT2D eigenvalue weighted by Crippen LogP contribution is 2.25. The Morgan fingerprint density at radius 1 is 1.44 bits per heavy atom. The lowest BCUT2D eigenvalue weighted by atomic mass is 10.2. The summed E-state index contributed by atoms with van der Waals surface area (Å²) in [5.74, 6) is -0.504. The molecule has 18 heavy (non-hydrogen) atoms. The average Bonchev–Trinajstić information content (AvgIpc) is 2.67. The number of carbonyl (C=O) groups is 1. The lowest BCUT2D eigenvalue weighted by molar-refractivity contribution is 0.0955. The highest BCUT2D eigenvalue weighted by molar-refractivity contribution is 7.14. The second-order valence-electron chi connectivity index (χ2n) is 3.83. The van der Waals surface area contributed by atoms with Crippen molar-refractivity contribution in [3.05, 3.63) is 56.5 Å². The SMILES string of the molecule is Cc1sc(C(=O)NCc2cccc(F)c2)cc1Cl. The Bertz CT molecular complexity index is 563. The Hall–Kier alpha value is -1.39. The van der Waals surface area contributed by atoms with Crippen LogP contribution in [0.25, 0.3) is 0 Å². The van der Waals surface area contributed by atoms with Crippen LogP contribution in [0.1, 0.15) is 20.1 Å². The molecule has 0 aliphatic carbocycles. The molecule has 1 heterocycles. The van der Waals surface area contributed by atoms with E-state index in [2.05, 4.69) is 5.32 Å². The zero-order valence-corrected chi connectivity index (χ0v) is 11.2. The monoisotopic (exact) mass is 283 g/mol. The summed E-state index contributed by atoms with van der Waals surface area (Å²) in [6.45, 7) is 2.15. The Morgan fingerprint density at radius 3 is 2.83 bits per heavy atom. The van der Waals surface area contributed by atoms with E-state index in [-0.39, 0.29) is 11.7 Å². The van der Waals surface area contributed by atoms with E-state index in [1.165, 1.54) is 23.5 Å². The highest BCUT2D eigenvalue weighted by atomic mass is 35.5. The van der Waals surface area contributed by atoms with Gasteiger partial charge >= 0.3 is 0 Å². The van der Waals surface area contributed by atoms with Gasteiger partial charge in [0.25, 0.3) is 5.91 Å². The van der Waals surface area contributed by atoms with Crippen molar-refractivity contribution in [3.8, 4) is 0 Å². The van der Waals surface area contributed by atoms with E-state index >= 15 is 0 Å². The van der Waals surface area contributed by atoms with E-state index in [4.69, 9.17) is 11.6 Å². The first kappa shape index (κ1) is 13.1. The van der Waals surface area contributed by atoms with Gasteiger partial charge in [-0.25, -0.2) is 4.39 Å². The normalized spacial score (nSPS) is 10.4. The first-order valence-corrected chi connectivity index (χ1v) is 6.54. The van der Waals surface area contributed by atoms with E-state index < -0.39 is 0 Å². The number of aryl methyl sites for hydroxylation is 1. The van der Waals surface area contributed by atoms with Crippen LogP contribution in [0.15, 0.2) is 30.3 Å². The molecule has 5 heteroatoms. The Labute approximate surface area is 113 Å². The van der Waals surface area contributed by atoms with Gasteiger partial charge in [0.15, 0.2) is 0 Å². The molecule has 1 aromatic carbocycles. The van der Waals surface area contributed by atoms with Crippen molar-refractivity contribution in [2.45, 2.75) is 13.5 Å². The summed E-state index contributed by atoms with van der Waals surface area (Å²) in [6.07, 6.45) is 0. The quantitative estimate of drug-likeness (QED) is 0.912. The molecule has 2 aromatic rings. The number of halogens is 2. The molecule has 0 fully saturated rings. The molecule has 2 nitrogen and oxygen atoms in total. The average molecular weight is 284 g/mol. The summed E-state index contributed by atoms with van der Waals surface area (Å²) >= 11 is 7.23. The zero-order valence-electron chi connectivity index (χ0n) is 9.67. The van der Waals surface area contributed by atoms with Gasteiger partial charge in [0.05, 0.1) is 9.90 Å². The van der Waals surface area contributed by atoms with Gasteiger partial charge < -0.3 is 5.32 Å². The van der Waals surface area contributed by atoms with Gasteiger partial charge in [-0.15, -0.1) is 11.3 Å². The first-order chi connectivity index (χ1) is 8.56. The highest BCUT2D eigenvalue weighted by Gasteiger charge is 2.10. The summed E-state index contributed by atoms with van der Waals surface area (Å²) in [5.41, 5.74) is 0.725. The maximum absolute atomic E-state index is 12.9. The predicted molar refractivity (Wildman–Crippen MR) is 71.6 cm³/mol. The van der Waals surface area contributed by atoms with Crippen molar-refractivity contribution in [1.82, 2.24) is 5.32 Å². The van der Waals surface area contributed by atoms with Crippen LogP contribution >= 0.6 is 22.9 Å². The number of thiophene rings is 1. The van der Waals surface area contributed by atoms with Crippen molar-refractivity contribution < 1.29 is 9.18 Å². The van der Waals surface area contributed by atoms with E-state index in [0.29, 0.717) is 16.4 Å². The van der Waals surface area contributed by atoms with Crippen LogP contribution in [0.3, 0.4) is 0 Å². The molecule has 0 spiro atoms. The third-order valence-electron chi connectivity index (χ3n) is 2.42. The molecule has 0 bridgehead atoms. The van der Waals surface area contributed by atoms with Crippen LogP contribution in [0.5, 0.6) is 0 Å². The molecule has 0 unspecified atom stereocenters. The maximum atomic E-state index is 12.9. The van der Waals surface area contributed by atoms with Gasteiger partial charge in [-0.3, -0.25) is 4.79 Å². The fraction of sp³-hybridized carbons (Fsp3) is 0.154. The minimum absolute atomic E-state index is 0.195. The van der Waals surface area contributed by atoms with E-state index in [9.17, 15) is 9.18 Å². The van der Waals surface area contributed by atoms with Crippen molar-refractivity contribution in [2.75, 3.05) is 0 Å². The molecule has 2 rings (SSSR count). The van der Waals surface area contributed by atoms with Crippen LogP contribution in [0, 0.1) is 12.7 Å². The summed E-state index contributed by atoms with van der Waals surface area (Å²) < 4.78 is 12.9. The number of amides is 1. The van der Waals surface area contributed by atoms with Crippen molar-refractivity contribution >= 4 is 28.8 Å². The van der Waals surface area contributed by atoms with Crippen molar-refractivity contribution in [2.24, 2.45) is 0 Å². The third-order valence-corrected chi connectivity index (χ3v) is 3.98. The van der Waals surface area contributed by atoms with Crippen LogP contribution in [-0.4, -0.2) is 5.91 Å². The molecule has 1 amide bonds.